The van der Waals surface area contributed by atoms with Crippen LogP contribution >= 0.6 is 0 Å². The predicted molar refractivity (Wildman–Crippen MR) is 55.8 cm³/mol. The summed E-state index contributed by atoms with van der Waals surface area (Å²) in [4.78, 5) is 11.5. The van der Waals surface area contributed by atoms with Gasteiger partial charge in [0, 0.05) is 0 Å². The number of hydrogen-bond donors (Lipinski definition) is 1. The standard InChI is InChI=1S/C11H20O3/c1-6-7-9(12)8(2)10(13)14-11(3,4)5/h6-9,12H,1-5H3. The lowest BCUT2D eigenvalue weighted by Crippen LogP contribution is -2.32. The first-order valence-corrected chi connectivity index (χ1v) is 4.81. The minimum atomic E-state index is -0.769. The summed E-state index contributed by atoms with van der Waals surface area (Å²) in [5, 5.41) is 9.50. The molecule has 1 N–H and O–H groups in total. The molecule has 3 heteroatoms. The molecule has 14 heavy (non-hydrogen) atoms. The molecule has 0 aliphatic carbocycles. The van der Waals surface area contributed by atoms with E-state index >= 15 is 0 Å². The number of allylic oxidation sites excluding steroid dienone is 1. The van der Waals surface area contributed by atoms with Crippen molar-refractivity contribution >= 4 is 5.97 Å². The molecule has 0 aliphatic rings. The molecular weight excluding hydrogens is 180 g/mol. The Hall–Kier alpha value is -0.830. The van der Waals surface area contributed by atoms with E-state index in [1.807, 2.05) is 0 Å². The molecular formula is C11H20O3. The number of carbonyl (C=O) groups is 1. The highest BCUT2D eigenvalue weighted by atomic mass is 16.6. The van der Waals surface area contributed by atoms with Crippen LogP contribution in [0.15, 0.2) is 12.2 Å². The third-order valence-electron chi connectivity index (χ3n) is 1.68. The van der Waals surface area contributed by atoms with Gasteiger partial charge in [0.1, 0.15) is 5.60 Å². The molecule has 0 rings (SSSR count). The maximum Gasteiger partial charge on any atom is 0.312 e. The van der Waals surface area contributed by atoms with Crippen molar-refractivity contribution in [2.75, 3.05) is 0 Å². The van der Waals surface area contributed by atoms with Gasteiger partial charge in [-0.05, 0) is 34.6 Å². The molecule has 0 radical (unpaired) electrons. The molecule has 0 spiro atoms. The van der Waals surface area contributed by atoms with Gasteiger partial charge in [0.05, 0.1) is 12.0 Å². The molecule has 0 saturated carbocycles. The average Bonchev–Trinajstić information content (AvgIpc) is 2.00. The SMILES string of the molecule is CC=CC(O)C(C)C(=O)OC(C)(C)C. The van der Waals surface area contributed by atoms with E-state index in [2.05, 4.69) is 0 Å². The van der Waals surface area contributed by atoms with Crippen molar-refractivity contribution in [3.05, 3.63) is 12.2 Å². The zero-order valence-corrected chi connectivity index (χ0v) is 9.57. The van der Waals surface area contributed by atoms with Crippen LogP contribution in [0.25, 0.3) is 0 Å². The Morgan fingerprint density at radius 2 is 1.93 bits per heavy atom. The lowest BCUT2D eigenvalue weighted by Gasteiger charge is -2.23. The molecule has 0 aromatic heterocycles. The van der Waals surface area contributed by atoms with Crippen molar-refractivity contribution in [1.29, 1.82) is 0 Å². The van der Waals surface area contributed by atoms with Gasteiger partial charge in [0.2, 0.25) is 0 Å². The summed E-state index contributed by atoms with van der Waals surface area (Å²) in [6.45, 7) is 8.86. The third-order valence-corrected chi connectivity index (χ3v) is 1.68. The second kappa shape index (κ2) is 5.15. The summed E-state index contributed by atoms with van der Waals surface area (Å²) in [5.74, 6) is -0.895. The van der Waals surface area contributed by atoms with Gasteiger partial charge in [0.25, 0.3) is 0 Å². The maximum atomic E-state index is 11.5. The largest absolute Gasteiger partial charge is 0.460 e. The van der Waals surface area contributed by atoms with Crippen molar-refractivity contribution in [2.45, 2.75) is 46.3 Å². The highest BCUT2D eigenvalue weighted by Crippen LogP contribution is 2.14. The summed E-state index contributed by atoms with van der Waals surface area (Å²) >= 11 is 0. The summed E-state index contributed by atoms with van der Waals surface area (Å²) in [6.07, 6.45) is 2.52. The van der Waals surface area contributed by atoms with E-state index in [0.717, 1.165) is 0 Å². The summed E-state index contributed by atoms with van der Waals surface area (Å²) in [5.41, 5.74) is -0.499. The van der Waals surface area contributed by atoms with Crippen LogP contribution in [-0.4, -0.2) is 22.8 Å². The molecule has 0 bridgehead atoms. The summed E-state index contributed by atoms with van der Waals surface area (Å²) in [6, 6.07) is 0. The Bertz CT molecular complexity index is 213. The maximum absolute atomic E-state index is 11.5. The molecule has 2 atom stereocenters. The number of rotatable bonds is 3. The van der Waals surface area contributed by atoms with Crippen molar-refractivity contribution in [3.63, 3.8) is 0 Å². The zero-order valence-electron chi connectivity index (χ0n) is 9.57. The van der Waals surface area contributed by atoms with E-state index in [9.17, 15) is 9.90 Å². The van der Waals surface area contributed by atoms with Crippen molar-refractivity contribution in [3.8, 4) is 0 Å². The molecule has 0 fully saturated rings. The van der Waals surface area contributed by atoms with Crippen LogP contribution in [0.2, 0.25) is 0 Å². The van der Waals surface area contributed by atoms with Gasteiger partial charge in [-0.3, -0.25) is 4.79 Å². The van der Waals surface area contributed by atoms with E-state index in [0.29, 0.717) is 0 Å². The van der Waals surface area contributed by atoms with Crippen LogP contribution < -0.4 is 0 Å². The smallest absolute Gasteiger partial charge is 0.312 e. The Morgan fingerprint density at radius 3 is 2.29 bits per heavy atom. The summed E-state index contributed by atoms with van der Waals surface area (Å²) in [7, 11) is 0. The number of aliphatic hydroxyl groups is 1. The fourth-order valence-electron chi connectivity index (χ4n) is 0.898. The molecule has 0 aromatic carbocycles. The predicted octanol–water partition coefficient (Wildman–Crippen LogP) is 1.90. The fourth-order valence-corrected chi connectivity index (χ4v) is 0.898. The van der Waals surface area contributed by atoms with Crippen LogP contribution in [0.1, 0.15) is 34.6 Å². The minimum Gasteiger partial charge on any atom is -0.460 e. The Balaban J connectivity index is 4.26. The van der Waals surface area contributed by atoms with Gasteiger partial charge in [0.15, 0.2) is 0 Å². The normalized spacial score (nSPS) is 16.7. The third kappa shape index (κ3) is 5.02. The highest BCUT2D eigenvalue weighted by molar-refractivity contribution is 5.73. The van der Waals surface area contributed by atoms with Crippen molar-refractivity contribution < 1.29 is 14.6 Å². The monoisotopic (exact) mass is 200 g/mol. The number of ether oxygens (including phenoxy) is 1. The van der Waals surface area contributed by atoms with Gasteiger partial charge in [-0.1, -0.05) is 12.2 Å². The first-order valence-electron chi connectivity index (χ1n) is 4.81. The number of carbonyl (C=O) groups excluding carboxylic acids is 1. The molecule has 82 valence electrons. The van der Waals surface area contributed by atoms with E-state index in [-0.39, 0.29) is 5.97 Å². The molecule has 2 unspecified atom stereocenters. The molecule has 0 saturated heterocycles. The first kappa shape index (κ1) is 13.2. The highest BCUT2D eigenvalue weighted by Gasteiger charge is 2.25. The number of aliphatic hydroxyl groups excluding tert-OH is 1. The molecule has 0 aliphatic heterocycles. The fraction of sp³-hybridized carbons (Fsp3) is 0.727. The topological polar surface area (TPSA) is 46.5 Å². The molecule has 0 amide bonds. The molecule has 3 nitrogen and oxygen atoms in total. The van der Waals surface area contributed by atoms with Crippen LogP contribution in [0, 0.1) is 5.92 Å². The molecule has 0 aromatic rings. The van der Waals surface area contributed by atoms with Crippen molar-refractivity contribution in [1.82, 2.24) is 0 Å². The van der Waals surface area contributed by atoms with E-state index in [1.165, 1.54) is 0 Å². The quantitative estimate of drug-likeness (QED) is 0.559. The molecule has 0 heterocycles. The van der Waals surface area contributed by atoms with Crippen LogP contribution in [0.5, 0.6) is 0 Å². The second-order valence-electron chi connectivity index (χ2n) is 4.34. The van der Waals surface area contributed by atoms with Crippen LogP contribution in [0.4, 0.5) is 0 Å². The lowest BCUT2D eigenvalue weighted by molar-refractivity contribution is -0.162. The van der Waals surface area contributed by atoms with Gasteiger partial charge in [-0.15, -0.1) is 0 Å². The van der Waals surface area contributed by atoms with Gasteiger partial charge < -0.3 is 9.84 Å². The van der Waals surface area contributed by atoms with Gasteiger partial charge >= 0.3 is 5.97 Å². The van der Waals surface area contributed by atoms with Crippen molar-refractivity contribution in [2.24, 2.45) is 5.92 Å². The van der Waals surface area contributed by atoms with Crippen LogP contribution in [0.3, 0.4) is 0 Å². The Morgan fingerprint density at radius 1 is 1.43 bits per heavy atom. The van der Waals surface area contributed by atoms with E-state index in [1.54, 1.807) is 46.8 Å². The van der Waals surface area contributed by atoms with Gasteiger partial charge in [-0.25, -0.2) is 0 Å². The number of esters is 1. The summed E-state index contributed by atoms with van der Waals surface area (Å²) < 4.78 is 5.13. The Labute approximate surface area is 85.8 Å². The van der Waals surface area contributed by atoms with E-state index in [4.69, 9.17) is 4.74 Å². The number of hydrogen-bond acceptors (Lipinski definition) is 3. The zero-order chi connectivity index (χ0) is 11.4. The van der Waals surface area contributed by atoms with Gasteiger partial charge in [-0.2, -0.15) is 0 Å². The average molecular weight is 200 g/mol. The minimum absolute atomic E-state index is 0.372. The van der Waals surface area contributed by atoms with E-state index < -0.39 is 17.6 Å². The first-order chi connectivity index (χ1) is 6.28. The van der Waals surface area contributed by atoms with Crippen LogP contribution in [-0.2, 0) is 9.53 Å². The Kier molecular flexibility index (Phi) is 4.85. The second-order valence-corrected chi connectivity index (χ2v) is 4.34. The lowest BCUT2D eigenvalue weighted by atomic mass is 10.0.